The SMILES string of the molecule is C[Si](C)(C)CCOCN(COCC[Si](C)(C)C)c1c(Br)c(C2C[C@H]3CC[C@@H](C2)C3)nc2c(-c3ccc(C=O)nc3)cnn12.C[Si](C)(C)CCOCN(COCC[Si](C)(C)C)c1cc(C2C[C@H]3CC[C@@H](C2)C3)nc2c(-c3ccc(C=O)nc3)cnn12.[B]=NS. The van der Waals surface area contributed by atoms with Crippen LogP contribution in [0.2, 0.25) is 103 Å². The summed E-state index contributed by atoms with van der Waals surface area (Å²) in [5.74, 6) is 5.91. The van der Waals surface area contributed by atoms with Crippen LogP contribution in [0.25, 0.3) is 33.5 Å². The predicted octanol–water partition coefficient (Wildman–Crippen LogP) is 15.6. The number of pyridine rings is 2. The van der Waals surface area contributed by atoms with E-state index in [0.29, 0.717) is 50.1 Å². The first-order valence-electron chi connectivity index (χ1n) is 32.0. The van der Waals surface area contributed by atoms with E-state index >= 15 is 0 Å². The van der Waals surface area contributed by atoms with Crippen molar-refractivity contribution in [3.05, 3.63) is 82.4 Å². The van der Waals surface area contributed by atoms with Crippen molar-refractivity contribution in [2.24, 2.45) is 28.0 Å². The molecular weight excluding hydrogens is 1250 g/mol. The minimum atomic E-state index is -1.23. The summed E-state index contributed by atoms with van der Waals surface area (Å²) < 4.78 is 32.8. The van der Waals surface area contributed by atoms with Crippen molar-refractivity contribution in [2.75, 3.05) is 63.2 Å². The number of fused-ring (bicyclic) bond motifs is 6. The monoisotopic (exact) mass is 1350 g/mol. The van der Waals surface area contributed by atoms with Crippen molar-refractivity contribution in [1.82, 2.24) is 39.2 Å². The van der Waals surface area contributed by atoms with E-state index in [1.54, 1.807) is 24.5 Å². The minimum absolute atomic E-state index is 0.394. The van der Waals surface area contributed by atoms with E-state index in [0.717, 1.165) is 148 Å². The van der Waals surface area contributed by atoms with Crippen molar-refractivity contribution in [2.45, 2.75) is 179 Å². The summed E-state index contributed by atoms with van der Waals surface area (Å²) in [6.07, 6.45) is 21.6. The zero-order valence-electron chi connectivity index (χ0n) is 54.6. The first-order chi connectivity index (χ1) is 41.8. The van der Waals surface area contributed by atoms with Gasteiger partial charge in [0.25, 0.3) is 0 Å². The van der Waals surface area contributed by atoms with Gasteiger partial charge in [-0.3, -0.25) is 19.6 Å². The van der Waals surface area contributed by atoms with Crippen LogP contribution in [-0.4, -0.2) is 145 Å². The molecule has 4 aliphatic carbocycles. The number of anilines is 2. The van der Waals surface area contributed by atoms with Crippen LogP contribution in [-0.2, 0) is 18.9 Å². The number of aldehydes is 2. The standard InChI is InChI=1S/C32H48BrN5O3Si2.C32H49N5O3Si2.BHNS/c1-42(2,3)13-11-40-21-37(22-41-12-14-43(4,5)6)32-29(33)30(26-16-23-7-8-24(15-23)17-26)36-31-28(19-35-38(31)32)25-9-10-27(20-39)34-18-25;1-41(2,3)13-11-39-22-36(23-40-12-14-42(4,5)6)31-18-30(27-16-24-7-8-25(15-24)17-27)35-32-29(20-34-37(31)32)26-9-10-28(21-38)33-19-26;1-2-3/h9-10,18-20,23-24,26H,7-8,11-17,21-22H2,1-6H3;9-10,18-21,24-25,27H,7-8,11-17,22-23H2,1-6H3;3H/t23-,24+,26?;24-,25+,27?;. The number of aromatic nitrogens is 8. The molecule has 4 saturated carbocycles. The maximum absolute atomic E-state index is 11.3. The van der Waals surface area contributed by atoms with Crippen molar-refractivity contribution in [3.8, 4) is 22.3 Å². The normalized spacial score (nSPS) is 20.1. The Morgan fingerprint density at radius 3 is 1.34 bits per heavy atom. The Balaban J connectivity index is 0.000000218. The van der Waals surface area contributed by atoms with E-state index in [2.05, 4.69) is 145 Å². The summed E-state index contributed by atoms with van der Waals surface area (Å²) in [6, 6.07) is 14.1. The second-order valence-electron chi connectivity index (χ2n) is 30.0. The molecule has 4 aliphatic rings. The maximum atomic E-state index is 11.3. The first-order valence-corrected chi connectivity index (χ1v) is 48.0. The summed E-state index contributed by atoms with van der Waals surface area (Å²) >= 11 is 7.24. The Bertz CT molecular complexity index is 3180. The molecule has 6 heterocycles. The van der Waals surface area contributed by atoms with Crippen LogP contribution in [0.5, 0.6) is 0 Å². The molecular formula is C64H98BBrN11O6SSi4. The van der Waals surface area contributed by atoms with Gasteiger partial charge in [0.15, 0.2) is 29.7 Å². The summed E-state index contributed by atoms with van der Waals surface area (Å²) in [5.41, 5.74) is 8.29. The number of hydrogen-bond acceptors (Lipinski definition) is 16. The van der Waals surface area contributed by atoms with Crippen molar-refractivity contribution in [3.63, 3.8) is 0 Å². The molecule has 24 heteroatoms. The topological polar surface area (TPSA) is 176 Å². The molecule has 0 amide bonds. The third-order valence-corrected chi connectivity index (χ3v) is 25.3. The molecule has 0 saturated heterocycles. The van der Waals surface area contributed by atoms with E-state index in [1.165, 1.54) is 64.2 Å². The number of nitrogens with zero attached hydrogens (tertiary/aromatic N) is 11. The molecule has 2 unspecified atom stereocenters. The van der Waals surface area contributed by atoms with Crippen molar-refractivity contribution < 1.29 is 28.5 Å². The molecule has 4 bridgehead atoms. The number of carbonyl (C=O) groups excluding carboxylic acids is 2. The number of ether oxygens (including phenoxy) is 4. The Kier molecular flexibility index (Phi) is 24.9. The van der Waals surface area contributed by atoms with Gasteiger partial charge in [0.2, 0.25) is 0 Å². The van der Waals surface area contributed by atoms with Crippen LogP contribution < -0.4 is 9.80 Å². The Morgan fingerprint density at radius 2 is 0.955 bits per heavy atom. The van der Waals surface area contributed by atoms with E-state index in [4.69, 9.17) is 39.1 Å². The predicted molar refractivity (Wildman–Crippen MR) is 375 cm³/mol. The Morgan fingerprint density at radius 1 is 0.568 bits per heavy atom. The van der Waals surface area contributed by atoms with Crippen molar-refractivity contribution >= 4 is 104 Å². The first kappa shape index (κ1) is 69.8. The molecule has 6 atom stereocenters. The fourth-order valence-electron chi connectivity index (χ4n) is 12.6. The van der Waals surface area contributed by atoms with Crippen LogP contribution in [0.3, 0.4) is 0 Å². The third kappa shape index (κ3) is 19.9. The molecule has 10 rings (SSSR count). The summed E-state index contributed by atoms with van der Waals surface area (Å²) in [5, 5.41) is 9.71. The van der Waals surface area contributed by atoms with E-state index < -0.39 is 32.3 Å². The number of hydrogen-bond donors (Lipinski definition) is 1. The fraction of sp³-hybridized carbons (Fsp3) is 0.625. The van der Waals surface area contributed by atoms with Crippen LogP contribution in [0.1, 0.15) is 108 Å². The van der Waals surface area contributed by atoms with Gasteiger partial charge < -0.3 is 28.7 Å². The molecule has 88 heavy (non-hydrogen) atoms. The third-order valence-electron chi connectivity index (χ3n) is 17.7. The van der Waals surface area contributed by atoms with Gasteiger partial charge in [-0.2, -0.15) is 19.2 Å². The van der Waals surface area contributed by atoms with Crippen LogP contribution in [0.15, 0.2) is 63.9 Å². The molecule has 4 fully saturated rings. The molecule has 6 aromatic rings. The van der Waals surface area contributed by atoms with E-state index in [-0.39, 0.29) is 0 Å². The number of halogens is 1. The number of carbonyl (C=O) groups is 2. The van der Waals surface area contributed by atoms with Gasteiger partial charge in [-0.1, -0.05) is 116 Å². The molecule has 0 N–H and O–H groups in total. The van der Waals surface area contributed by atoms with Gasteiger partial charge in [-0.25, -0.2) is 9.97 Å². The van der Waals surface area contributed by atoms with E-state index in [9.17, 15) is 9.59 Å². The van der Waals surface area contributed by atoms with Gasteiger partial charge in [-0.05, 0) is 114 Å². The molecule has 17 nitrogen and oxygen atoms in total. The van der Waals surface area contributed by atoms with Crippen LogP contribution in [0.4, 0.5) is 11.6 Å². The zero-order valence-corrected chi connectivity index (χ0v) is 61.1. The van der Waals surface area contributed by atoms with Gasteiger partial charge >= 0.3 is 24.8 Å². The van der Waals surface area contributed by atoms with Crippen LogP contribution >= 0.6 is 28.7 Å². The molecule has 0 aliphatic heterocycles. The fourth-order valence-corrected chi connectivity index (χ4v) is 16.5. The second kappa shape index (κ2) is 31.5. The second-order valence-corrected chi connectivity index (χ2v) is 53.5. The summed E-state index contributed by atoms with van der Waals surface area (Å²) in [7, 11) is -0.543. The average molecular weight is 1350 g/mol. The average Bonchev–Trinajstić information content (AvgIpc) is 1.80. The van der Waals surface area contributed by atoms with Crippen molar-refractivity contribution in [1.29, 1.82) is 0 Å². The van der Waals surface area contributed by atoms with E-state index in [1.807, 2.05) is 33.6 Å². The molecule has 0 aromatic carbocycles. The summed E-state index contributed by atoms with van der Waals surface area (Å²) in [4.78, 5) is 46.1. The van der Waals surface area contributed by atoms with Gasteiger partial charge in [0, 0.05) is 117 Å². The van der Waals surface area contributed by atoms with Crippen LogP contribution in [0, 0.1) is 23.7 Å². The quantitative estimate of drug-likeness (QED) is 0.0161. The Hall–Kier alpha value is -4.12. The molecule has 1 radical (unpaired) electrons. The molecule has 477 valence electrons. The molecule has 6 aromatic heterocycles. The van der Waals surface area contributed by atoms with Gasteiger partial charge in [0.05, 0.1) is 22.6 Å². The van der Waals surface area contributed by atoms with Gasteiger partial charge in [0.1, 0.15) is 44.1 Å². The summed E-state index contributed by atoms with van der Waals surface area (Å²) in [6.45, 7) is 33.2. The Labute approximate surface area is 542 Å². The number of rotatable bonds is 28. The molecule has 0 spiro atoms. The zero-order chi connectivity index (χ0) is 63.4. The number of thiol groups is 1. The van der Waals surface area contributed by atoms with Gasteiger partial charge in [-0.15, -0.1) is 0 Å².